The maximum Gasteiger partial charge on any atom is 0.339 e. The van der Waals surface area contributed by atoms with Crippen molar-refractivity contribution in [3.63, 3.8) is 0 Å². The minimum absolute atomic E-state index is 0.122. The zero-order valence-electron chi connectivity index (χ0n) is 19.1. The lowest BCUT2D eigenvalue weighted by atomic mass is 10.2. The van der Waals surface area contributed by atoms with Crippen LogP contribution in [0.2, 0.25) is 0 Å². The first-order valence-corrected chi connectivity index (χ1v) is 11.8. The van der Waals surface area contributed by atoms with Crippen LogP contribution in [0.4, 0.5) is 5.69 Å². The van der Waals surface area contributed by atoms with Crippen LogP contribution in [0.3, 0.4) is 0 Å². The van der Waals surface area contributed by atoms with Crippen molar-refractivity contribution in [2.45, 2.75) is 11.9 Å². The first kappa shape index (κ1) is 22.7. The van der Waals surface area contributed by atoms with Crippen molar-refractivity contribution in [2.24, 2.45) is 5.73 Å². The Morgan fingerprint density at radius 2 is 1.89 bits per heavy atom. The van der Waals surface area contributed by atoms with E-state index in [0.29, 0.717) is 16.7 Å². The monoisotopic (exact) mass is 493 g/mol. The molecule has 1 atom stereocenters. The van der Waals surface area contributed by atoms with Gasteiger partial charge >= 0.3 is 5.63 Å². The average Bonchev–Trinajstić information content (AvgIpc) is 3.27. The predicted octanol–water partition coefficient (Wildman–Crippen LogP) is 1.99. The number of benzene rings is 2. The van der Waals surface area contributed by atoms with Gasteiger partial charge in [-0.1, -0.05) is 42.1 Å². The molecule has 1 aromatic heterocycles. The quantitative estimate of drug-likeness (QED) is 0.514. The second kappa shape index (κ2) is 8.58. The molecule has 2 aliphatic heterocycles. The number of para-hydroxylation sites is 2. The molecule has 0 bridgehead atoms. The van der Waals surface area contributed by atoms with Gasteiger partial charge in [0.1, 0.15) is 11.3 Å². The molecule has 1 fully saturated rings. The van der Waals surface area contributed by atoms with Gasteiger partial charge in [0.05, 0.1) is 34.3 Å². The maximum atomic E-state index is 13.0. The summed E-state index contributed by atoms with van der Waals surface area (Å²) in [6.45, 7) is 1.43. The third-order valence-corrected chi connectivity index (χ3v) is 7.34. The Morgan fingerprint density at radius 3 is 2.66 bits per heavy atom. The number of carbonyl (C=O) groups is 2. The van der Waals surface area contributed by atoms with Crippen LogP contribution in [-0.4, -0.2) is 46.2 Å². The molecule has 180 valence electrons. The van der Waals surface area contributed by atoms with Gasteiger partial charge < -0.3 is 14.9 Å². The number of carbonyl (C=O) groups excluding carboxylic acids is 2. The molecule has 5 rings (SSSR count). The van der Waals surface area contributed by atoms with E-state index in [1.807, 2.05) is 54.3 Å². The fourth-order valence-corrected chi connectivity index (χ4v) is 5.63. The minimum atomic E-state index is -1.17. The lowest BCUT2D eigenvalue weighted by Crippen LogP contribution is -2.65. The summed E-state index contributed by atoms with van der Waals surface area (Å²) in [5.74, 6) is -0.547. The number of nitrogens with zero attached hydrogens (tertiary/aromatic N) is 3. The average molecular weight is 494 g/mol. The van der Waals surface area contributed by atoms with Crippen molar-refractivity contribution < 1.29 is 18.7 Å². The normalized spacial score (nSPS) is 19.8. The third kappa shape index (κ3) is 3.64. The summed E-state index contributed by atoms with van der Waals surface area (Å²) in [6.07, 6.45) is 0. The first-order chi connectivity index (χ1) is 16.8. The van der Waals surface area contributed by atoms with Gasteiger partial charge in [0.25, 0.3) is 11.8 Å². The number of fused-ring (bicyclic) bond motifs is 1. The molecule has 11 heteroatoms. The van der Waals surface area contributed by atoms with Crippen LogP contribution in [0.15, 0.2) is 81.3 Å². The van der Waals surface area contributed by atoms with E-state index in [-0.39, 0.29) is 17.4 Å². The molecule has 2 amide bonds. The molecule has 3 N–H and O–H groups in total. The lowest BCUT2D eigenvalue weighted by molar-refractivity contribution is -0.142. The highest BCUT2D eigenvalue weighted by molar-refractivity contribution is 8.02. The van der Waals surface area contributed by atoms with Crippen LogP contribution in [0.5, 0.6) is 5.75 Å². The van der Waals surface area contributed by atoms with E-state index in [0.717, 1.165) is 11.4 Å². The summed E-state index contributed by atoms with van der Waals surface area (Å²) in [7, 11) is 1.85. The summed E-state index contributed by atoms with van der Waals surface area (Å²) in [5, 5.41) is 5.56. The summed E-state index contributed by atoms with van der Waals surface area (Å²) >= 11 is 1.32. The number of hydrazine groups is 2. The first-order valence-electron chi connectivity index (χ1n) is 10.8. The fourth-order valence-electron chi connectivity index (χ4n) is 4.25. The summed E-state index contributed by atoms with van der Waals surface area (Å²) < 4.78 is 10.8. The number of amides is 2. The SMILES string of the molecule is CC1=C(N)C2(SCC(=O)N2NC(=O)COc2cc(=O)oc3ccccc23)N(c2ccccc2)N1C. The molecule has 3 aromatic rings. The standard InChI is InChI=1S/C24H23N5O5S/c1-15-23(25)24(29(27(15)2)16-8-4-3-5-9-16)28(21(31)14-35-24)26-20(30)13-33-19-12-22(32)34-18-11-7-6-10-17(18)19/h3-12H,13-14,25H2,1-2H3,(H,26,30). The molecule has 0 aliphatic carbocycles. The number of hydrogen-bond donors (Lipinski definition) is 2. The van der Waals surface area contributed by atoms with Gasteiger partial charge in [-0.2, -0.15) is 0 Å². The number of hydrogen-bond acceptors (Lipinski definition) is 9. The summed E-state index contributed by atoms with van der Waals surface area (Å²) in [4.78, 5) is 36.6. The molecule has 2 aromatic carbocycles. The fraction of sp³-hybridized carbons (Fsp3) is 0.208. The number of thioether (sulfide) groups is 1. The molecular weight excluding hydrogens is 470 g/mol. The van der Waals surface area contributed by atoms with Crippen LogP contribution in [0, 0.1) is 0 Å². The Bertz CT molecular complexity index is 1410. The van der Waals surface area contributed by atoms with Gasteiger partial charge in [0.15, 0.2) is 6.61 Å². The molecule has 3 heterocycles. The largest absolute Gasteiger partial charge is 0.483 e. The number of rotatable bonds is 5. The lowest BCUT2D eigenvalue weighted by Gasteiger charge is -2.44. The molecule has 1 unspecified atom stereocenters. The van der Waals surface area contributed by atoms with Gasteiger partial charge in [0, 0.05) is 7.05 Å². The zero-order valence-corrected chi connectivity index (χ0v) is 19.9. The third-order valence-electron chi connectivity index (χ3n) is 5.97. The number of nitrogens with two attached hydrogens (primary N) is 1. The second-order valence-electron chi connectivity index (χ2n) is 8.05. The van der Waals surface area contributed by atoms with Gasteiger partial charge in [-0.25, -0.2) is 14.8 Å². The van der Waals surface area contributed by atoms with E-state index >= 15 is 0 Å². The number of allylic oxidation sites excluding steroid dienone is 1. The van der Waals surface area contributed by atoms with Crippen LogP contribution in [0.1, 0.15) is 6.92 Å². The second-order valence-corrected chi connectivity index (χ2v) is 9.19. The Labute approximate surface area is 204 Å². The molecule has 0 radical (unpaired) electrons. The highest BCUT2D eigenvalue weighted by Gasteiger charge is 2.60. The summed E-state index contributed by atoms with van der Waals surface area (Å²) in [6, 6.07) is 17.5. The van der Waals surface area contributed by atoms with Crippen molar-refractivity contribution in [3.05, 3.63) is 82.5 Å². The van der Waals surface area contributed by atoms with E-state index < -0.39 is 23.1 Å². The van der Waals surface area contributed by atoms with E-state index in [9.17, 15) is 14.4 Å². The topological polar surface area (TPSA) is 121 Å². The Kier molecular flexibility index (Phi) is 5.56. The molecule has 1 saturated heterocycles. The van der Waals surface area contributed by atoms with Gasteiger partial charge in [-0.15, -0.1) is 0 Å². The highest BCUT2D eigenvalue weighted by Crippen LogP contribution is 2.50. The zero-order chi connectivity index (χ0) is 24.7. The molecule has 0 saturated carbocycles. The van der Waals surface area contributed by atoms with Crippen molar-refractivity contribution in [3.8, 4) is 5.75 Å². The van der Waals surface area contributed by atoms with Crippen LogP contribution < -0.4 is 26.5 Å². The number of nitrogens with one attached hydrogen (secondary N) is 1. The maximum absolute atomic E-state index is 13.0. The smallest absolute Gasteiger partial charge is 0.339 e. The van der Waals surface area contributed by atoms with Gasteiger partial charge in [-0.3, -0.25) is 20.0 Å². The van der Waals surface area contributed by atoms with E-state index in [1.54, 1.807) is 24.3 Å². The predicted molar refractivity (Wildman–Crippen MR) is 132 cm³/mol. The molecule has 1 spiro atoms. The summed E-state index contributed by atoms with van der Waals surface area (Å²) in [5.41, 5.74) is 11.0. The van der Waals surface area contributed by atoms with Crippen molar-refractivity contribution in [1.82, 2.24) is 15.4 Å². The van der Waals surface area contributed by atoms with Crippen LogP contribution in [0.25, 0.3) is 11.0 Å². The number of ether oxygens (including phenoxy) is 1. The van der Waals surface area contributed by atoms with Gasteiger partial charge in [-0.05, 0) is 31.2 Å². The Morgan fingerprint density at radius 1 is 1.17 bits per heavy atom. The van der Waals surface area contributed by atoms with E-state index in [1.165, 1.54) is 22.8 Å². The van der Waals surface area contributed by atoms with Crippen LogP contribution in [-0.2, 0) is 9.59 Å². The minimum Gasteiger partial charge on any atom is -0.483 e. The highest BCUT2D eigenvalue weighted by atomic mass is 32.2. The van der Waals surface area contributed by atoms with Crippen molar-refractivity contribution in [1.29, 1.82) is 0 Å². The van der Waals surface area contributed by atoms with Gasteiger partial charge in [0.2, 0.25) is 4.99 Å². The van der Waals surface area contributed by atoms with E-state index in [4.69, 9.17) is 14.9 Å². The van der Waals surface area contributed by atoms with Crippen molar-refractivity contribution in [2.75, 3.05) is 24.4 Å². The molecular formula is C24H23N5O5S. The molecule has 35 heavy (non-hydrogen) atoms. The van der Waals surface area contributed by atoms with Crippen LogP contribution >= 0.6 is 11.8 Å². The van der Waals surface area contributed by atoms with E-state index in [2.05, 4.69) is 5.43 Å². The number of anilines is 1. The van der Waals surface area contributed by atoms with Crippen molar-refractivity contribution >= 4 is 40.2 Å². The molecule has 10 nitrogen and oxygen atoms in total. The Balaban J connectivity index is 1.42. The Hall–Kier alpha value is -4.12. The molecule has 2 aliphatic rings.